The fraction of sp³-hybridized carbons (Fsp3) is 0.286. The third kappa shape index (κ3) is 5.84. The van der Waals surface area contributed by atoms with E-state index in [0.29, 0.717) is 39.4 Å². The number of hydrogen-bond acceptors (Lipinski definition) is 7. The Morgan fingerprint density at radius 1 is 0.789 bits per heavy atom. The number of halogens is 6. The molecule has 4 aliphatic rings. The summed E-state index contributed by atoms with van der Waals surface area (Å²) in [6, 6.07) is 20.6. The number of anilines is 2. The molecule has 4 amide bonds. The molecule has 0 spiro atoms. The standard InChI is InChI=1S/C42H33F6N3O6/c1-21-8-11-26(12-9-21)49-51-37(54)31-20-30-28(35(22-10-15-32(52)33(16-22)57-2)40(31,39(51)56)23-6-4-3-5-7-23)13-14-29-34(30)38(55)50(36(29)53)27-18-24(41(43,44)45)17-25(19-27)42(46,47)48/h3-13,15-19,29-31,34-35,49,52H,14,20H2,1-2H3/t29-,30+,31-,34-,35-,40+/m0/s1. The number of benzene rings is 4. The third-order valence-corrected chi connectivity index (χ3v) is 11.8. The minimum atomic E-state index is -5.24. The van der Waals surface area contributed by atoms with E-state index in [4.69, 9.17) is 4.74 Å². The number of nitrogens with zero attached hydrogens (tertiary/aromatic N) is 2. The maximum atomic E-state index is 15.3. The third-order valence-electron chi connectivity index (χ3n) is 11.8. The highest BCUT2D eigenvalue weighted by Gasteiger charge is 2.70. The first-order valence-corrected chi connectivity index (χ1v) is 18.0. The molecule has 4 aromatic rings. The zero-order chi connectivity index (χ0) is 40.8. The molecule has 57 heavy (non-hydrogen) atoms. The number of fused-ring (bicyclic) bond motifs is 4. The number of aryl methyl sites for hydroxylation is 1. The highest BCUT2D eigenvalue weighted by atomic mass is 19.4. The number of phenolic OH excluding ortho intramolecular Hbond substituents is 1. The van der Waals surface area contributed by atoms with Crippen molar-refractivity contribution in [1.29, 1.82) is 0 Å². The van der Waals surface area contributed by atoms with E-state index < -0.39 is 87.8 Å². The van der Waals surface area contributed by atoms with Crippen molar-refractivity contribution < 1.29 is 55.4 Å². The molecule has 3 fully saturated rings. The fourth-order valence-electron chi connectivity index (χ4n) is 9.32. The summed E-state index contributed by atoms with van der Waals surface area (Å²) in [5.74, 6) is -9.16. The van der Waals surface area contributed by atoms with Gasteiger partial charge in [0.2, 0.25) is 11.8 Å². The summed E-state index contributed by atoms with van der Waals surface area (Å²) in [7, 11) is 1.33. The molecule has 15 heteroatoms. The Balaban J connectivity index is 1.31. The smallest absolute Gasteiger partial charge is 0.416 e. The van der Waals surface area contributed by atoms with E-state index in [0.717, 1.165) is 10.6 Å². The number of imide groups is 2. The van der Waals surface area contributed by atoms with Gasteiger partial charge < -0.3 is 9.84 Å². The summed E-state index contributed by atoms with van der Waals surface area (Å²) in [5.41, 5.74) is -0.278. The van der Waals surface area contributed by atoms with E-state index in [1.165, 1.54) is 19.2 Å². The number of hydrazine groups is 1. The van der Waals surface area contributed by atoms with Crippen molar-refractivity contribution in [2.24, 2.45) is 23.7 Å². The Labute approximate surface area is 321 Å². The van der Waals surface area contributed by atoms with Crippen molar-refractivity contribution in [1.82, 2.24) is 5.01 Å². The molecule has 2 aliphatic carbocycles. The molecule has 8 rings (SSSR count). The lowest BCUT2D eigenvalue weighted by Crippen LogP contribution is -2.53. The van der Waals surface area contributed by atoms with E-state index in [1.54, 1.807) is 66.7 Å². The molecule has 2 aliphatic heterocycles. The number of alkyl halides is 6. The van der Waals surface area contributed by atoms with Gasteiger partial charge in [-0.15, -0.1) is 0 Å². The van der Waals surface area contributed by atoms with Crippen LogP contribution in [0.25, 0.3) is 0 Å². The number of carbonyl (C=O) groups excluding carboxylic acids is 4. The monoisotopic (exact) mass is 789 g/mol. The predicted molar refractivity (Wildman–Crippen MR) is 192 cm³/mol. The van der Waals surface area contributed by atoms with E-state index in [1.807, 2.05) is 6.92 Å². The predicted octanol–water partition coefficient (Wildman–Crippen LogP) is 7.94. The lowest BCUT2D eigenvalue weighted by molar-refractivity contribution is -0.143. The molecule has 0 radical (unpaired) electrons. The average molecular weight is 790 g/mol. The molecule has 0 aromatic heterocycles. The Morgan fingerprint density at radius 3 is 2.05 bits per heavy atom. The van der Waals surface area contributed by atoms with E-state index in [9.17, 15) is 45.8 Å². The number of allylic oxidation sites excluding steroid dienone is 2. The summed E-state index contributed by atoms with van der Waals surface area (Å²) in [6.45, 7) is 1.87. The Morgan fingerprint density at radius 2 is 1.44 bits per heavy atom. The molecule has 0 bridgehead atoms. The highest BCUT2D eigenvalue weighted by molar-refractivity contribution is 6.22. The lowest BCUT2D eigenvalue weighted by Gasteiger charge is -2.50. The van der Waals surface area contributed by atoms with Crippen LogP contribution in [-0.4, -0.2) is 40.9 Å². The molecule has 294 valence electrons. The van der Waals surface area contributed by atoms with Gasteiger partial charge in [0.15, 0.2) is 11.5 Å². The van der Waals surface area contributed by atoms with Crippen LogP contribution in [0.1, 0.15) is 46.6 Å². The van der Waals surface area contributed by atoms with Gasteiger partial charge >= 0.3 is 12.4 Å². The van der Waals surface area contributed by atoms with Crippen LogP contribution in [0.3, 0.4) is 0 Å². The molecular weight excluding hydrogens is 756 g/mol. The number of phenols is 1. The number of aromatic hydroxyl groups is 1. The van der Waals surface area contributed by atoms with Crippen molar-refractivity contribution in [3.63, 3.8) is 0 Å². The Kier molecular flexibility index (Phi) is 8.78. The minimum Gasteiger partial charge on any atom is -0.504 e. The van der Waals surface area contributed by atoms with Gasteiger partial charge in [-0.25, -0.2) is 4.90 Å². The van der Waals surface area contributed by atoms with Crippen LogP contribution in [0.5, 0.6) is 11.5 Å². The molecular formula is C42H33F6N3O6. The quantitative estimate of drug-likeness (QED) is 0.116. The SMILES string of the molecule is COc1cc([C@H]2C3=CC[C@@H]4C(=O)N(c5cc(C(F)(F)F)cc(C(F)(F)F)c5)C(=O)[C@@H]4[C@@H]3C[C@H]3C(=O)N(Nc4ccc(C)cc4)C(=O)[C@@]23c2ccccc2)ccc1O. The van der Waals surface area contributed by atoms with Crippen LogP contribution in [0, 0.1) is 30.6 Å². The van der Waals surface area contributed by atoms with Gasteiger partial charge in [-0.1, -0.05) is 65.7 Å². The summed E-state index contributed by atoms with van der Waals surface area (Å²) in [5, 5.41) is 11.6. The van der Waals surface area contributed by atoms with Crippen molar-refractivity contribution in [3.8, 4) is 11.5 Å². The van der Waals surface area contributed by atoms with E-state index in [-0.39, 0.29) is 30.4 Å². The maximum Gasteiger partial charge on any atom is 0.416 e. The zero-order valence-electron chi connectivity index (χ0n) is 30.2. The van der Waals surface area contributed by atoms with Crippen LogP contribution in [0.15, 0.2) is 103 Å². The lowest BCUT2D eigenvalue weighted by atomic mass is 9.49. The van der Waals surface area contributed by atoms with Crippen LogP contribution >= 0.6 is 0 Å². The summed E-state index contributed by atoms with van der Waals surface area (Å²) < 4.78 is 88.9. The normalized spacial score (nSPS) is 25.9. The van der Waals surface area contributed by atoms with E-state index in [2.05, 4.69) is 5.43 Å². The molecule has 4 aromatic carbocycles. The second-order valence-corrected chi connectivity index (χ2v) is 14.8. The summed E-state index contributed by atoms with van der Waals surface area (Å²) >= 11 is 0. The second kappa shape index (κ2) is 13.2. The average Bonchev–Trinajstić information content (AvgIpc) is 3.56. The second-order valence-electron chi connectivity index (χ2n) is 14.8. The number of carbonyl (C=O) groups is 4. The largest absolute Gasteiger partial charge is 0.504 e. The van der Waals surface area contributed by atoms with Crippen LogP contribution in [0.4, 0.5) is 37.7 Å². The van der Waals surface area contributed by atoms with Crippen molar-refractivity contribution >= 4 is 35.0 Å². The van der Waals surface area contributed by atoms with Gasteiger partial charge in [0.25, 0.3) is 11.8 Å². The number of amides is 4. The minimum absolute atomic E-state index is 0.0402. The number of ether oxygens (including phenoxy) is 1. The Bertz CT molecular complexity index is 2330. The molecule has 6 atom stereocenters. The number of methoxy groups -OCH3 is 1. The highest BCUT2D eigenvalue weighted by Crippen LogP contribution is 2.64. The number of rotatable bonds is 6. The van der Waals surface area contributed by atoms with Crippen molar-refractivity contribution in [3.05, 3.63) is 130 Å². The van der Waals surface area contributed by atoms with Gasteiger partial charge in [0, 0.05) is 5.92 Å². The molecule has 2 N–H and O–H groups in total. The van der Waals surface area contributed by atoms with E-state index >= 15 is 4.79 Å². The van der Waals surface area contributed by atoms with Crippen LogP contribution in [0.2, 0.25) is 0 Å². The number of nitrogens with one attached hydrogen (secondary N) is 1. The van der Waals surface area contributed by atoms with Gasteiger partial charge in [-0.05, 0) is 79.3 Å². The zero-order valence-corrected chi connectivity index (χ0v) is 30.2. The molecule has 0 unspecified atom stereocenters. The van der Waals surface area contributed by atoms with Crippen molar-refractivity contribution in [2.45, 2.75) is 43.5 Å². The maximum absolute atomic E-state index is 15.3. The first kappa shape index (κ1) is 37.8. The summed E-state index contributed by atoms with van der Waals surface area (Å²) in [6.07, 6.45) is -9.10. The first-order chi connectivity index (χ1) is 27.0. The summed E-state index contributed by atoms with van der Waals surface area (Å²) in [4.78, 5) is 59.0. The van der Waals surface area contributed by atoms with Crippen LogP contribution < -0.4 is 15.1 Å². The van der Waals surface area contributed by atoms with Crippen LogP contribution in [-0.2, 0) is 36.9 Å². The molecule has 2 saturated heterocycles. The van der Waals surface area contributed by atoms with Gasteiger partial charge in [-0.2, -0.15) is 31.4 Å². The fourth-order valence-corrected chi connectivity index (χ4v) is 9.32. The topological polar surface area (TPSA) is 116 Å². The van der Waals surface area contributed by atoms with Gasteiger partial charge in [-0.3, -0.25) is 24.6 Å². The van der Waals surface area contributed by atoms with Gasteiger partial charge in [0.1, 0.15) is 0 Å². The van der Waals surface area contributed by atoms with Crippen molar-refractivity contribution in [2.75, 3.05) is 17.4 Å². The molecule has 2 heterocycles. The number of hydrogen-bond donors (Lipinski definition) is 2. The van der Waals surface area contributed by atoms with Gasteiger partial charge in [0.05, 0.1) is 52.8 Å². The molecule has 1 saturated carbocycles. The Hall–Kier alpha value is -6.12. The molecule has 9 nitrogen and oxygen atoms in total. The first-order valence-electron chi connectivity index (χ1n) is 18.0.